The number of aromatic nitrogens is 2. The minimum atomic E-state index is 0.827. The van der Waals surface area contributed by atoms with E-state index in [0.717, 1.165) is 18.8 Å². The lowest BCUT2D eigenvalue weighted by Crippen LogP contribution is -1.97. The quantitative estimate of drug-likeness (QED) is 0.524. The maximum absolute atomic E-state index is 4.20. The fraction of sp³-hybridized carbons (Fsp3) is 0.333. The van der Waals surface area contributed by atoms with Gasteiger partial charge in [-0.25, -0.2) is 9.97 Å². The lowest BCUT2D eigenvalue weighted by Gasteiger charge is -2.00. The Hall–Kier alpha value is 0.540. The topological polar surface area (TPSA) is 25.8 Å². The summed E-state index contributed by atoms with van der Waals surface area (Å²) in [5.74, 6) is 0. The normalized spacial score (nSPS) is 10.0. The molecule has 0 saturated heterocycles. The van der Waals surface area contributed by atoms with E-state index >= 15 is 0 Å². The van der Waals surface area contributed by atoms with Gasteiger partial charge in [-0.2, -0.15) is 0 Å². The first-order valence-electron chi connectivity index (χ1n) is 2.77. The number of halogens is 2. The molecule has 1 aromatic rings. The van der Waals surface area contributed by atoms with Crippen molar-refractivity contribution in [3.63, 3.8) is 0 Å². The highest BCUT2D eigenvalue weighted by atomic mass is 127. The van der Waals surface area contributed by atoms with Crippen LogP contribution in [-0.2, 0) is 0 Å². The minimum Gasteiger partial charge on any atom is -0.227 e. The van der Waals surface area contributed by atoms with Gasteiger partial charge in [-0.05, 0) is 36.4 Å². The van der Waals surface area contributed by atoms with Crippen LogP contribution in [-0.4, -0.2) is 9.97 Å². The van der Waals surface area contributed by atoms with Crippen molar-refractivity contribution in [2.24, 2.45) is 0 Å². The molecule has 0 aliphatic rings. The zero-order chi connectivity index (χ0) is 7.72. The molecule has 0 amide bonds. The zero-order valence-electron chi connectivity index (χ0n) is 5.65. The van der Waals surface area contributed by atoms with Crippen LogP contribution in [0.4, 0.5) is 0 Å². The Morgan fingerprint density at radius 1 is 1.00 bits per heavy atom. The second kappa shape index (κ2) is 3.29. The highest BCUT2D eigenvalue weighted by molar-refractivity contribution is 14.1. The van der Waals surface area contributed by atoms with Gasteiger partial charge in [-0.1, -0.05) is 0 Å². The van der Waals surface area contributed by atoms with Crippen molar-refractivity contribution in [3.05, 3.63) is 18.8 Å². The van der Waals surface area contributed by atoms with Gasteiger partial charge in [0.2, 0.25) is 0 Å². The Morgan fingerprint density at radius 3 is 1.80 bits per heavy atom. The van der Waals surface area contributed by atoms with E-state index in [1.807, 2.05) is 13.8 Å². The molecule has 2 nitrogen and oxygen atoms in total. The SMILES string of the molecule is Cc1nc(I)nc(C)c1I. The molecule has 0 fully saturated rings. The summed E-state index contributed by atoms with van der Waals surface area (Å²) < 4.78 is 1.99. The molecule has 0 aromatic carbocycles. The van der Waals surface area contributed by atoms with Crippen molar-refractivity contribution in [2.45, 2.75) is 13.8 Å². The molecule has 4 heteroatoms. The summed E-state index contributed by atoms with van der Waals surface area (Å²) in [6.45, 7) is 4.00. The molecule has 0 unspecified atom stereocenters. The molecule has 1 heterocycles. The van der Waals surface area contributed by atoms with E-state index in [-0.39, 0.29) is 0 Å². The summed E-state index contributed by atoms with van der Waals surface area (Å²) >= 11 is 4.38. The third kappa shape index (κ3) is 1.77. The monoisotopic (exact) mass is 360 g/mol. The van der Waals surface area contributed by atoms with Gasteiger partial charge < -0.3 is 0 Å². The van der Waals surface area contributed by atoms with E-state index < -0.39 is 0 Å². The summed E-state index contributed by atoms with van der Waals surface area (Å²) in [6, 6.07) is 0. The molecule has 0 spiro atoms. The number of nitrogens with zero attached hydrogens (tertiary/aromatic N) is 2. The Kier molecular flexibility index (Phi) is 2.84. The molecule has 0 N–H and O–H groups in total. The van der Waals surface area contributed by atoms with Crippen molar-refractivity contribution < 1.29 is 0 Å². The Morgan fingerprint density at radius 2 is 1.40 bits per heavy atom. The molecule has 0 atom stereocenters. The number of hydrogen-bond donors (Lipinski definition) is 0. The van der Waals surface area contributed by atoms with Gasteiger partial charge in [0.1, 0.15) is 0 Å². The zero-order valence-corrected chi connectivity index (χ0v) is 9.97. The molecule has 0 saturated carbocycles. The van der Waals surface area contributed by atoms with Crippen LogP contribution in [0.25, 0.3) is 0 Å². The number of aryl methyl sites for hydroxylation is 2. The van der Waals surface area contributed by atoms with Crippen LogP contribution >= 0.6 is 45.2 Å². The maximum atomic E-state index is 4.20. The fourth-order valence-electron chi connectivity index (χ4n) is 0.662. The van der Waals surface area contributed by atoms with E-state index in [1.165, 1.54) is 0 Å². The average molecular weight is 360 g/mol. The van der Waals surface area contributed by atoms with Gasteiger partial charge in [0.25, 0.3) is 0 Å². The highest BCUT2D eigenvalue weighted by Crippen LogP contribution is 2.12. The molecule has 1 aromatic heterocycles. The van der Waals surface area contributed by atoms with E-state index in [2.05, 4.69) is 55.1 Å². The van der Waals surface area contributed by atoms with Gasteiger partial charge in [0.05, 0.1) is 15.0 Å². The van der Waals surface area contributed by atoms with Crippen LogP contribution in [0.15, 0.2) is 0 Å². The van der Waals surface area contributed by atoms with Gasteiger partial charge >= 0.3 is 0 Å². The van der Waals surface area contributed by atoms with E-state index in [9.17, 15) is 0 Å². The van der Waals surface area contributed by atoms with Crippen molar-refractivity contribution in [1.29, 1.82) is 0 Å². The first kappa shape index (κ1) is 8.63. The van der Waals surface area contributed by atoms with Crippen molar-refractivity contribution in [1.82, 2.24) is 9.97 Å². The number of hydrogen-bond acceptors (Lipinski definition) is 2. The molecular weight excluding hydrogens is 354 g/mol. The minimum absolute atomic E-state index is 0.827. The Labute approximate surface area is 87.1 Å². The molecular formula is C6H6I2N2. The van der Waals surface area contributed by atoms with Gasteiger partial charge in [-0.15, -0.1) is 0 Å². The average Bonchev–Trinajstić information content (AvgIpc) is 1.82. The van der Waals surface area contributed by atoms with Crippen molar-refractivity contribution in [2.75, 3.05) is 0 Å². The predicted molar refractivity (Wildman–Crippen MR) is 56.9 cm³/mol. The summed E-state index contributed by atoms with van der Waals surface area (Å²) in [5.41, 5.74) is 2.13. The van der Waals surface area contributed by atoms with Gasteiger partial charge in [-0.3, -0.25) is 0 Å². The number of rotatable bonds is 0. The Bertz CT molecular complexity index is 237. The summed E-state index contributed by atoms with van der Waals surface area (Å²) in [5, 5.41) is 0. The maximum Gasteiger partial charge on any atom is 0.191 e. The highest BCUT2D eigenvalue weighted by Gasteiger charge is 2.01. The van der Waals surface area contributed by atoms with Crippen molar-refractivity contribution >= 4 is 45.2 Å². The lowest BCUT2D eigenvalue weighted by molar-refractivity contribution is 0.989. The Balaban J connectivity index is 3.31. The predicted octanol–water partition coefficient (Wildman–Crippen LogP) is 2.30. The van der Waals surface area contributed by atoms with E-state index in [0.29, 0.717) is 0 Å². The molecule has 54 valence electrons. The standard InChI is InChI=1S/C6H6I2N2/c1-3-5(7)4(2)10-6(8)9-3/h1-2H3. The molecule has 0 aliphatic carbocycles. The van der Waals surface area contributed by atoms with Crippen LogP contribution < -0.4 is 0 Å². The smallest absolute Gasteiger partial charge is 0.191 e. The second-order valence-electron chi connectivity index (χ2n) is 1.98. The van der Waals surface area contributed by atoms with Crippen molar-refractivity contribution in [3.8, 4) is 0 Å². The first-order chi connectivity index (χ1) is 4.61. The third-order valence-electron chi connectivity index (χ3n) is 1.16. The molecule has 0 radical (unpaired) electrons. The second-order valence-corrected chi connectivity index (χ2v) is 4.02. The van der Waals surface area contributed by atoms with Crippen LogP contribution in [0.3, 0.4) is 0 Å². The molecule has 1 rings (SSSR count). The van der Waals surface area contributed by atoms with E-state index in [4.69, 9.17) is 0 Å². The van der Waals surface area contributed by atoms with Gasteiger partial charge in [0.15, 0.2) is 3.83 Å². The summed E-state index contributed by atoms with van der Waals surface area (Å²) in [7, 11) is 0. The third-order valence-corrected chi connectivity index (χ3v) is 3.20. The van der Waals surface area contributed by atoms with E-state index in [1.54, 1.807) is 0 Å². The van der Waals surface area contributed by atoms with Crippen LogP contribution in [0.2, 0.25) is 0 Å². The largest absolute Gasteiger partial charge is 0.227 e. The van der Waals surface area contributed by atoms with Gasteiger partial charge in [0, 0.05) is 22.6 Å². The lowest BCUT2D eigenvalue weighted by atomic mass is 10.4. The molecule has 0 bridgehead atoms. The van der Waals surface area contributed by atoms with Crippen LogP contribution in [0, 0.1) is 21.2 Å². The summed E-state index contributed by atoms with van der Waals surface area (Å²) in [4.78, 5) is 8.40. The van der Waals surface area contributed by atoms with Crippen LogP contribution in [0.1, 0.15) is 11.4 Å². The molecule has 10 heavy (non-hydrogen) atoms. The fourth-order valence-corrected chi connectivity index (χ4v) is 1.63. The summed E-state index contributed by atoms with van der Waals surface area (Å²) in [6.07, 6.45) is 0. The molecule has 0 aliphatic heterocycles. The van der Waals surface area contributed by atoms with Crippen LogP contribution in [0.5, 0.6) is 0 Å². The first-order valence-corrected chi connectivity index (χ1v) is 4.93.